The van der Waals surface area contributed by atoms with Gasteiger partial charge in [-0.2, -0.15) is 5.10 Å². The minimum atomic E-state index is -0.287. The van der Waals surface area contributed by atoms with Crippen LogP contribution in [0.3, 0.4) is 0 Å². The molecule has 0 aliphatic carbocycles. The summed E-state index contributed by atoms with van der Waals surface area (Å²) in [5.74, 6) is 0.614. The summed E-state index contributed by atoms with van der Waals surface area (Å²) in [6.45, 7) is 4.42. The highest BCUT2D eigenvalue weighted by atomic mass is 35.5. The quantitative estimate of drug-likeness (QED) is 0.331. The lowest BCUT2D eigenvalue weighted by Gasteiger charge is -2.15. The van der Waals surface area contributed by atoms with Crippen molar-refractivity contribution in [3.63, 3.8) is 0 Å². The van der Waals surface area contributed by atoms with E-state index in [1.165, 1.54) is 6.21 Å². The maximum atomic E-state index is 12.3. The van der Waals surface area contributed by atoms with Crippen LogP contribution in [0.5, 0.6) is 11.5 Å². The molecule has 0 aliphatic heterocycles. The fraction of sp³-hybridized carbons (Fsp3) is 0.167. The van der Waals surface area contributed by atoms with Gasteiger partial charge < -0.3 is 9.47 Å². The number of nitrogens with zero attached hydrogens (tertiary/aromatic N) is 1. The first-order chi connectivity index (χ1) is 15.0. The number of halogens is 2. The SMILES string of the molecule is CCOc1cc(/C=N\NC(=O)c2ccccc2C)cc(Cl)c1OCc1ccccc1Cl. The minimum Gasteiger partial charge on any atom is -0.490 e. The lowest BCUT2D eigenvalue weighted by atomic mass is 10.1. The van der Waals surface area contributed by atoms with Crippen LogP contribution in [0.1, 0.15) is 34.0 Å². The van der Waals surface area contributed by atoms with Gasteiger partial charge in [0.2, 0.25) is 0 Å². The predicted molar refractivity (Wildman–Crippen MR) is 125 cm³/mol. The van der Waals surface area contributed by atoms with E-state index in [1.807, 2.05) is 44.2 Å². The van der Waals surface area contributed by atoms with Crippen LogP contribution < -0.4 is 14.9 Å². The van der Waals surface area contributed by atoms with Gasteiger partial charge >= 0.3 is 0 Å². The Kier molecular flexibility index (Phi) is 7.93. The van der Waals surface area contributed by atoms with E-state index in [0.717, 1.165) is 11.1 Å². The van der Waals surface area contributed by atoms with Crippen LogP contribution in [0.15, 0.2) is 65.8 Å². The molecule has 3 aromatic rings. The number of ether oxygens (including phenoxy) is 2. The summed E-state index contributed by atoms with van der Waals surface area (Å²) >= 11 is 12.6. The molecule has 0 bridgehead atoms. The second-order valence-corrected chi connectivity index (χ2v) is 7.47. The fourth-order valence-electron chi connectivity index (χ4n) is 2.88. The standard InChI is InChI=1S/C24H22Cl2N2O3/c1-3-30-22-13-17(14-27-28-24(29)19-10-6-4-8-16(19)2)12-21(26)23(22)31-15-18-9-5-7-11-20(18)25/h4-14H,3,15H2,1-2H3,(H,28,29)/b27-14-. The molecule has 31 heavy (non-hydrogen) atoms. The summed E-state index contributed by atoms with van der Waals surface area (Å²) in [4.78, 5) is 12.3. The van der Waals surface area contributed by atoms with Crippen LogP contribution in [0.4, 0.5) is 0 Å². The second-order valence-electron chi connectivity index (χ2n) is 6.66. The molecule has 0 aliphatic rings. The number of amides is 1. The van der Waals surface area contributed by atoms with E-state index in [0.29, 0.717) is 39.3 Å². The maximum Gasteiger partial charge on any atom is 0.271 e. The fourth-order valence-corrected chi connectivity index (χ4v) is 3.35. The zero-order valence-corrected chi connectivity index (χ0v) is 18.7. The van der Waals surface area contributed by atoms with Crippen molar-refractivity contribution in [2.45, 2.75) is 20.5 Å². The number of rotatable bonds is 8. The summed E-state index contributed by atoms with van der Waals surface area (Å²) in [5.41, 5.74) is 5.46. The Morgan fingerprint density at radius 1 is 1.03 bits per heavy atom. The highest BCUT2D eigenvalue weighted by Crippen LogP contribution is 2.37. The van der Waals surface area contributed by atoms with E-state index in [2.05, 4.69) is 10.5 Å². The number of hydrogen-bond acceptors (Lipinski definition) is 4. The van der Waals surface area contributed by atoms with E-state index in [-0.39, 0.29) is 12.5 Å². The van der Waals surface area contributed by atoms with Gasteiger partial charge in [0.15, 0.2) is 11.5 Å². The summed E-state index contributed by atoms with van der Waals surface area (Å²) in [7, 11) is 0. The molecule has 7 heteroatoms. The van der Waals surface area contributed by atoms with Gasteiger partial charge in [0.05, 0.1) is 17.8 Å². The number of carbonyl (C=O) groups excluding carboxylic acids is 1. The van der Waals surface area contributed by atoms with Crippen LogP contribution >= 0.6 is 23.2 Å². The van der Waals surface area contributed by atoms with Gasteiger partial charge in [-0.25, -0.2) is 5.43 Å². The first-order valence-corrected chi connectivity index (χ1v) is 10.5. The van der Waals surface area contributed by atoms with E-state index in [9.17, 15) is 4.79 Å². The first-order valence-electron chi connectivity index (χ1n) is 9.71. The summed E-state index contributed by atoms with van der Waals surface area (Å²) in [6, 6.07) is 18.2. The number of aryl methyl sites for hydroxylation is 1. The molecule has 0 radical (unpaired) electrons. The molecule has 5 nitrogen and oxygen atoms in total. The lowest BCUT2D eigenvalue weighted by molar-refractivity contribution is 0.0954. The van der Waals surface area contributed by atoms with Crippen LogP contribution in [0.25, 0.3) is 0 Å². The molecule has 3 aromatic carbocycles. The van der Waals surface area contributed by atoms with Crippen molar-refractivity contribution in [1.82, 2.24) is 5.43 Å². The average molecular weight is 457 g/mol. The Morgan fingerprint density at radius 3 is 2.52 bits per heavy atom. The first kappa shape index (κ1) is 22.7. The monoisotopic (exact) mass is 456 g/mol. The van der Waals surface area contributed by atoms with Crippen molar-refractivity contribution in [2.24, 2.45) is 5.10 Å². The van der Waals surface area contributed by atoms with Gasteiger partial charge in [-0.05, 0) is 49.2 Å². The molecule has 0 fully saturated rings. The van der Waals surface area contributed by atoms with Gasteiger partial charge in [-0.1, -0.05) is 59.6 Å². The number of benzene rings is 3. The third kappa shape index (κ3) is 6.00. The molecule has 0 heterocycles. The second kappa shape index (κ2) is 10.8. The van der Waals surface area contributed by atoms with E-state index in [1.54, 1.807) is 30.3 Å². The van der Waals surface area contributed by atoms with Crippen LogP contribution in [0.2, 0.25) is 10.0 Å². The molecule has 0 spiro atoms. The van der Waals surface area contributed by atoms with Gasteiger partial charge in [0.25, 0.3) is 5.91 Å². The summed E-state index contributed by atoms with van der Waals surface area (Å²) < 4.78 is 11.6. The Balaban J connectivity index is 1.74. The predicted octanol–water partition coefficient (Wildman–Crippen LogP) is 6.04. The highest BCUT2D eigenvalue weighted by molar-refractivity contribution is 6.32. The number of carbonyl (C=O) groups is 1. The molecule has 1 amide bonds. The molecule has 1 N–H and O–H groups in total. The normalized spacial score (nSPS) is 10.8. The molecule has 0 saturated heterocycles. The topological polar surface area (TPSA) is 59.9 Å². The Bertz CT molecular complexity index is 1100. The van der Waals surface area contributed by atoms with Crippen molar-refractivity contribution >= 4 is 35.3 Å². The smallest absolute Gasteiger partial charge is 0.271 e. The molecular weight excluding hydrogens is 435 g/mol. The van der Waals surface area contributed by atoms with Gasteiger partial charge in [-0.3, -0.25) is 4.79 Å². The van der Waals surface area contributed by atoms with E-state index >= 15 is 0 Å². The average Bonchev–Trinajstić information content (AvgIpc) is 2.75. The maximum absolute atomic E-state index is 12.3. The van der Waals surface area contributed by atoms with Crippen molar-refractivity contribution in [3.05, 3.63) is 93.0 Å². The van der Waals surface area contributed by atoms with Gasteiger partial charge in [0.1, 0.15) is 6.61 Å². The number of hydrazone groups is 1. The van der Waals surface area contributed by atoms with Crippen LogP contribution in [-0.2, 0) is 6.61 Å². The van der Waals surface area contributed by atoms with Crippen molar-refractivity contribution in [2.75, 3.05) is 6.61 Å². The van der Waals surface area contributed by atoms with Crippen molar-refractivity contribution in [1.29, 1.82) is 0 Å². The lowest BCUT2D eigenvalue weighted by Crippen LogP contribution is -2.18. The largest absolute Gasteiger partial charge is 0.490 e. The van der Waals surface area contributed by atoms with Crippen LogP contribution in [-0.4, -0.2) is 18.7 Å². The van der Waals surface area contributed by atoms with Crippen molar-refractivity contribution in [3.8, 4) is 11.5 Å². The van der Waals surface area contributed by atoms with E-state index in [4.69, 9.17) is 32.7 Å². The molecule has 0 atom stereocenters. The van der Waals surface area contributed by atoms with Gasteiger partial charge in [-0.15, -0.1) is 0 Å². The molecule has 0 unspecified atom stereocenters. The Labute approximate surface area is 191 Å². The molecular formula is C24H22Cl2N2O3. The molecule has 3 rings (SSSR count). The zero-order chi connectivity index (χ0) is 22.2. The van der Waals surface area contributed by atoms with Crippen LogP contribution in [0, 0.1) is 6.92 Å². The Morgan fingerprint density at radius 2 is 1.77 bits per heavy atom. The summed E-state index contributed by atoms with van der Waals surface area (Å²) in [5, 5.41) is 5.02. The third-order valence-corrected chi connectivity index (χ3v) is 5.08. The zero-order valence-electron chi connectivity index (χ0n) is 17.2. The third-order valence-electron chi connectivity index (χ3n) is 4.43. The molecule has 0 saturated carbocycles. The highest BCUT2D eigenvalue weighted by Gasteiger charge is 2.13. The van der Waals surface area contributed by atoms with Gasteiger partial charge in [0, 0.05) is 16.1 Å². The molecule has 0 aromatic heterocycles. The summed E-state index contributed by atoms with van der Waals surface area (Å²) in [6.07, 6.45) is 1.50. The van der Waals surface area contributed by atoms with E-state index < -0.39 is 0 Å². The number of nitrogens with one attached hydrogen (secondary N) is 1. The minimum absolute atomic E-state index is 0.249. The molecule has 160 valence electrons. The van der Waals surface area contributed by atoms with Crippen molar-refractivity contribution < 1.29 is 14.3 Å². The Hall–Kier alpha value is -3.02. The number of hydrogen-bond donors (Lipinski definition) is 1.